The number of hydrogen-bond acceptors (Lipinski definition) is 6. The summed E-state index contributed by atoms with van der Waals surface area (Å²) in [5, 5.41) is 2.21. The van der Waals surface area contributed by atoms with Crippen LogP contribution in [-0.2, 0) is 10.0 Å². The summed E-state index contributed by atoms with van der Waals surface area (Å²) < 4.78 is 32.2. The molecule has 7 nitrogen and oxygen atoms in total. The van der Waals surface area contributed by atoms with Gasteiger partial charge in [0.15, 0.2) is 0 Å². The van der Waals surface area contributed by atoms with Crippen LogP contribution in [0, 0.1) is 0 Å². The van der Waals surface area contributed by atoms with E-state index in [1.807, 2.05) is 30.6 Å². The smallest absolute Gasteiger partial charge is 0.244 e. The standard InChI is InChI=1S/C19H20N4O3S/c1-26-19-7-6-16(13-21-19)27(24,25)23-10-8-22(9-11-23)18-14-20-12-15-4-2-3-5-17(15)18/h2-7,12-14H,8-11H2,1H3. The molecule has 8 heteroatoms. The molecule has 1 aliphatic heterocycles. The number of nitrogens with zero attached hydrogens (tertiary/aromatic N) is 4. The lowest BCUT2D eigenvalue weighted by Gasteiger charge is -2.35. The van der Waals surface area contributed by atoms with Crippen LogP contribution in [0.2, 0.25) is 0 Å². The minimum Gasteiger partial charge on any atom is -0.481 e. The normalized spacial score (nSPS) is 15.8. The van der Waals surface area contributed by atoms with Crippen molar-refractivity contribution in [2.75, 3.05) is 38.2 Å². The number of pyridine rings is 2. The molecular formula is C19H20N4O3S. The zero-order valence-electron chi connectivity index (χ0n) is 14.9. The van der Waals surface area contributed by atoms with E-state index >= 15 is 0 Å². The summed E-state index contributed by atoms with van der Waals surface area (Å²) in [5.74, 6) is 0.391. The Labute approximate surface area is 158 Å². The van der Waals surface area contributed by atoms with Crippen molar-refractivity contribution >= 4 is 26.5 Å². The molecule has 1 saturated heterocycles. The number of benzene rings is 1. The maximum absolute atomic E-state index is 12.9. The molecule has 2 aromatic heterocycles. The van der Waals surface area contributed by atoms with Gasteiger partial charge >= 0.3 is 0 Å². The van der Waals surface area contributed by atoms with Crippen LogP contribution in [0.5, 0.6) is 5.88 Å². The first-order valence-electron chi connectivity index (χ1n) is 8.67. The Morgan fingerprint density at radius 3 is 2.44 bits per heavy atom. The lowest BCUT2D eigenvalue weighted by molar-refractivity contribution is 0.383. The highest BCUT2D eigenvalue weighted by Gasteiger charge is 2.29. The minimum atomic E-state index is -3.56. The molecule has 140 valence electrons. The molecule has 3 aromatic rings. The molecule has 0 unspecified atom stereocenters. The number of fused-ring (bicyclic) bond motifs is 1. The van der Waals surface area contributed by atoms with Gasteiger partial charge in [-0.2, -0.15) is 4.31 Å². The number of hydrogen-bond donors (Lipinski definition) is 0. The molecule has 1 aromatic carbocycles. The molecule has 27 heavy (non-hydrogen) atoms. The first kappa shape index (κ1) is 17.7. The van der Waals surface area contributed by atoms with Crippen LogP contribution in [0.3, 0.4) is 0 Å². The van der Waals surface area contributed by atoms with Gasteiger partial charge < -0.3 is 9.64 Å². The lowest BCUT2D eigenvalue weighted by Crippen LogP contribution is -2.48. The van der Waals surface area contributed by atoms with Gasteiger partial charge in [-0.25, -0.2) is 13.4 Å². The van der Waals surface area contributed by atoms with E-state index in [1.165, 1.54) is 23.7 Å². The fourth-order valence-corrected chi connectivity index (χ4v) is 4.68. The van der Waals surface area contributed by atoms with Gasteiger partial charge in [0.2, 0.25) is 15.9 Å². The number of anilines is 1. The van der Waals surface area contributed by atoms with E-state index in [-0.39, 0.29) is 4.90 Å². The molecule has 0 aliphatic carbocycles. The predicted octanol–water partition coefficient (Wildman–Crippen LogP) is 2.15. The number of aromatic nitrogens is 2. The zero-order valence-corrected chi connectivity index (χ0v) is 15.8. The summed E-state index contributed by atoms with van der Waals surface area (Å²) in [5.41, 5.74) is 1.04. The topological polar surface area (TPSA) is 75.6 Å². The second kappa shape index (κ2) is 7.13. The minimum absolute atomic E-state index is 0.184. The average Bonchev–Trinajstić information content (AvgIpc) is 2.73. The van der Waals surface area contributed by atoms with Crippen LogP contribution < -0.4 is 9.64 Å². The van der Waals surface area contributed by atoms with E-state index in [2.05, 4.69) is 20.9 Å². The molecule has 0 spiro atoms. The lowest BCUT2D eigenvalue weighted by atomic mass is 10.1. The van der Waals surface area contributed by atoms with Crippen molar-refractivity contribution in [1.82, 2.24) is 14.3 Å². The molecular weight excluding hydrogens is 364 g/mol. The summed E-state index contributed by atoms with van der Waals surface area (Å²) >= 11 is 0. The highest BCUT2D eigenvalue weighted by molar-refractivity contribution is 7.89. The number of ether oxygens (including phenoxy) is 1. The highest BCUT2D eigenvalue weighted by Crippen LogP contribution is 2.27. The summed E-state index contributed by atoms with van der Waals surface area (Å²) in [6, 6.07) is 11.2. The fourth-order valence-electron chi connectivity index (χ4n) is 3.31. The van der Waals surface area contributed by atoms with Crippen molar-refractivity contribution in [3.8, 4) is 5.88 Å². The van der Waals surface area contributed by atoms with E-state index in [9.17, 15) is 8.42 Å². The maximum atomic E-state index is 12.9. The third-order valence-electron chi connectivity index (χ3n) is 4.78. The molecule has 0 amide bonds. The van der Waals surface area contributed by atoms with E-state index in [0.29, 0.717) is 32.1 Å². The van der Waals surface area contributed by atoms with Crippen LogP contribution in [0.15, 0.2) is 59.9 Å². The molecule has 0 atom stereocenters. The van der Waals surface area contributed by atoms with E-state index in [1.54, 1.807) is 6.07 Å². The Kier molecular flexibility index (Phi) is 4.67. The third kappa shape index (κ3) is 3.33. The molecule has 1 aliphatic rings. The number of rotatable bonds is 4. The van der Waals surface area contributed by atoms with Crippen LogP contribution in [0.1, 0.15) is 0 Å². The van der Waals surface area contributed by atoms with Crippen molar-refractivity contribution in [3.63, 3.8) is 0 Å². The first-order chi connectivity index (χ1) is 13.1. The quantitative estimate of drug-likeness (QED) is 0.686. The van der Waals surface area contributed by atoms with Gasteiger partial charge in [-0.05, 0) is 6.07 Å². The molecule has 0 radical (unpaired) electrons. The number of methoxy groups -OCH3 is 1. The van der Waals surface area contributed by atoms with E-state index < -0.39 is 10.0 Å². The third-order valence-corrected chi connectivity index (χ3v) is 6.66. The number of piperazine rings is 1. The Hall–Kier alpha value is -2.71. The Bertz CT molecular complexity index is 1040. The Morgan fingerprint density at radius 1 is 0.963 bits per heavy atom. The largest absolute Gasteiger partial charge is 0.481 e. The summed E-state index contributed by atoms with van der Waals surface area (Å²) in [6.07, 6.45) is 5.03. The number of sulfonamides is 1. The second-order valence-electron chi connectivity index (χ2n) is 6.31. The van der Waals surface area contributed by atoms with Crippen molar-refractivity contribution in [2.45, 2.75) is 4.90 Å². The van der Waals surface area contributed by atoms with E-state index in [4.69, 9.17) is 4.74 Å². The van der Waals surface area contributed by atoms with Crippen LogP contribution >= 0.6 is 0 Å². The summed E-state index contributed by atoms with van der Waals surface area (Å²) in [6.45, 7) is 2.05. The zero-order chi connectivity index (χ0) is 18.9. The van der Waals surface area contributed by atoms with Crippen LogP contribution in [0.25, 0.3) is 10.8 Å². The van der Waals surface area contributed by atoms with Gasteiger partial charge in [0.05, 0.1) is 25.2 Å². The second-order valence-corrected chi connectivity index (χ2v) is 8.25. The average molecular weight is 384 g/mol. The predicted molar refractivity (Wildman–Crippen MR) is 104 cm³/mol. The highest BCUT2D eigenvalue weighted by atomic mass is 32.2. The van der Waals surface area contributed by atoms with E-state index in [0.717, 1.165) is 16.5 Å². The SMILES string of the molecule is COc1ccc(S(=O)(=O)N2CCN(c3cncc4ccccc34)CC2)cn1. The molecule has 4 rings (SSSR count). The summed E-state index contributed by atoms with van der Waals surface area (Å²) in [7, 11) is -2.06. The molecule has 0 N–H and O–H groups in total. The maximum Gasteiger partial charge on any atom is 0.244 e. The van der Waals surface area contributed by atoms with Gasteiger partial charge in [0, 0.05) is 49.2 Å². The van der Waals surface area contributed by atoms with Gasteiger partial charge in [-0.15, -0.1) is 0 Å². The Balaban J connectivity index is 1.52. The van der Waals surface area contributed by atoms with Crippen molar-refractivity contribution < 1.29 is 13.2 Å². The first-order valence-corrected chi connectivity index (χ1v) is 10.1. The van der Waals surface area contributed by atoms with Gasteiger partial charge in [0.25, 0.3) is 0 Å². The molecule has 3 heterocycles. The summed E-state index contributed by atoms with van der Waals surface area (Å²) in [4.78, 5) is 10.7. The monoisotopic (exact) mass is 384 g/mol. The van der Waals surface area contributed by atoms with Crippen molar-refractivity contribution in [3.05, 3.63) is 55.0 Å². The molecule has 0 bridgehead atoms. The molecule has 0 saturated carbocycles. The van der Waals surface area contributed by atoms with Crippen LogP contribution in [0.4, 0.5) is 5.69 Å². The van der Waals surface area contributed by atoms with Gasteiger partial charge in [0.1, 0.15) is 4.90 Å². The van der Waals surface area contributed by atoms with Crippen LogP contribution in [-0.4, -0.2) is 56.0 Å². The Morgan fingerprint density at radius 2 is 1.74 bits per heavy atom. The fraction of sp³-hybridized carbons (Fsp3) is 0.263. The van der Waals surface area contributed by atoms with Crippen molar-refractivity contribution in [1.29, 1.82) is 0 Å². The van der Waals surface area contributed by atoms with Gasteiger partial charge in [-0.1, -0.05) is 24.3 Å². The van der Waals surface area contributed by atoms with Crippen molar-refractivity contribution in [2.24, 2.45) is 0 Å². The molecule has 1 fully saturated rings. The van der Waals surface area contributed by atoms with Gasteiger partial charge in [-0.3, -0.25) is 4.98 Å².